The number of hydrogen-bond acceptors (Lipinski definition) is 2. The van der Waals surface area contributed by atoms with Crippen LogP contribution in [0.25, 0.3) is 6.08 Å². The van der Waals surface area contributed by atoms with Gasteiger partial charge in [-0.05, 0) is 31.0 Å². The van der Waals surface area contributed by atoms with E-state index in [1.165, 1.54) is 0 Å². The zero-order chi connectivity index (χ0) is 16.2. The lowest BCUT2D eigenvalue weighted by Crippen LogP contribution is -2.44. The lowest BCUT2D eigenvalue weighted by atomic mass is 9.99. The van der Waals surface area contributed by atoms with E-state index in [0.717, 1.165) is 14.9 Å². The number of amides is 3. The van der Waals surface area contributed by atoms with E-state index in [1.807, 2.05) is 36.4 Å². The van der Waals surface area contributed by atoms with Gasteiger partial charge in [-0.15, -0.1) is 0 Å². The van der Waals surface area contributed by atoms with Crippen LogP contribution in [0.3, 0.4) is 0 Å². The number of imide groups is 1. The Morgan fingerprint density at radius 3 is 2.64 bits per heavy atom. The van der Waals surface area contributed by atoms with Crippen LogP contribution in [0, 0.1) is 0 Å². The summed E-state index contributed by atoms with van der Waals surface area (Å²) in [5.74, 6) is -0.354. The summed E-state index contributed by atoms with van der Waals surface area (Å²) in [6.07, 6.45) is 4.41. The lowest BCUT2D eigenvalue weighted by molar-refractivity contribution is -0.131. The van der Waals surface area contributed by atoms with Crippen LogP contribution in [0.4, 0.5) is 9.18 Å². The molecular weight excluding hydrogens is 351 g/mol. The fraction of sp³-hybridized carbons (Fsp3) is 0.375. The molecule has 1 fully saturated rings. The average Bonchev–Trinajstić information content (AvgIpc) is 2.68. The van der Waals surface area contributed by atoms with Crippen molar-refractivity contribution in [1.82, 2.24) is 10.2 Å². The van der Waals surface area contributed by atoms with Crippen molar-refractivity contribution in [3.63, 3.8) is 0 Å². The second kappa shape index (κ2) is 7.05. The van der Waals surface area contributed by atoms with Gasteiger partial charge in [0.25, 0.3) is 5.91 Å². The van der Waals surface area contributed by atoms with Crippen LogP contribution in [-0.2, 0) is 4.79 Å². The molecule has 3 amide bonds. The van der Waals surface area contributed by atoms with Gasteiger partial charge in [-0.25, -0.2) is 4.79 Å². The molecule has 0 saturated carbocycles. The topological polar surface area (TPSA) is 49.4 Å². The molecule has 0 aliphatic carbocycles. The van der Waals surface area contributed by atoms with Gasteiger partial charge in [0.2, 0.25) is 0 Å². The van der Waals surface area contributed by atoms with Gasteiger partial charge in [0.1, 0.15) is 5.54 Å². The van der Waals surface area contributed by atoms with Crippen LogP contribution in [-0.4, -0.2) is 35.6 Å². The predicted molar refractivity (Wildman–Crippen MR) is 87.0 cm³/mol. The van der Waals surface area contributed by atoms with Crippen LogP contribution in [0.2, 0.25) is 0 Å². The molecule has 1 heterocycles. The summed E-state index contributed by atoms with van der Waals surface area (Å²) >= 11 is 3.37. The SMILES string of the molecule is CC1(CCF)NC(=O)N(CCC=Cc2ccc(Br)cc2)C1=O. The molecule has 1 saturated heterocycles. The van der Waals surface area contributed by atoms with Crippen molar-refractivity contribution in [2.24, 2.45) is 0 Å². The standard InChI is InChI=1S/C16H18BrFN2O2/c1-16(9-10-18)14(21)20(15(22)19-16)11-3-2-4-12-5-7-13(17)8-6-12/h2,4-8H,3,9-11H2,1H3,(H,19,22). The van der Waals surface area contributed by atoms with Crippen molar-refractivity contribution >= 4 is 33.9 Å². The zero-order valence-corrected chi connectivity index (χ0v) is 13.9. The van der Waals surface area contributed by atoms with Gasteiger partial charge in [-0.2, -0.15) is 0 Å². The van der Waals surface area contributed by atoms with E-state index in [-0.39, 0.29) is 12.3 Å². The number of nitrogens with zero attached hydrogens (tertiary/aromatic N) is 1. The summed E-state index contributed by atoms with van der Waals surface area (Å²) in [5, 5.41) is 2.56. The first-order valence-electron chi connectivity index (χ1n) is 7.08. The van der Waals surface area contributed by atoms with Crippen LogP contribution < -0.4 is 5.32 Å². The Morgan fingerprint density at radius 1 is 1.32 bits per heavy atom. The third-order valence-electron chi connectivity index (χ3n) is 3.64. The van der Waals surface area contributed by atoms with Gasteiger partial charge >= 0.3 is 6.03 Å². The highest BCUT2D eigenvalue weighted by molar-refractivity contribution is 9.10. The third kappa shape index (κ3) is 3.74. The number of benzene rings is 1. The minimum absolute atomic E-state index is 0.00278. The molecule has 1 N–H and O–H groups in total. The Morgan fingerprint density at radius 2 is 2.00 bits per heavy atom. The number of nitrogens with one attached hydrogen (secondary N) is 1. The van der Waals surface area contributed by atoms with Gasteiger partial charge in [0, 0.05) is 17.4 Å². The summed E-state index contributed by atoms with van der Waals surface area (Å²) in [6.45, 7) is 1.21. The van der Waals surface area contributed by atoms with Crippen molar-refractivity contribution < 1.29 is 14.0 Å². The molecule has 6 heteroatoms. The van der Waals surface area contributed by atoms with E-state index >= 15 is 0 Å². The lowest BCUT2D eigenvalue weighted by Gasteiger charge is -2.19. The maximum absolute atomic E-state index is 12.5. The molecule has 1 aliphatic rings. The Kier molecular flexibility index (Phi) is 5.34. The number of carbonyl (C=O) groups is 2. The molecule has 0 aromatic heterocycles. The van der Waals surface area contributed by atoms with Crippen LogP contribution in [0.1, 0.15) is 25.3 Å². The Bertz CT molecular complexity index is 588. The monoisotopic (exact) mass is 368 g/mol. The van der Waals surface area contributed by atoms with E-state index in [1.54, 1.807) is 6.92 Å². The maximum Gasteiger partial charge on any atom is 0.325 e. The molecule has 118 valence electrons. The Balaban J connectivity index is 1.90. The molecule has 1 aliphatic heterocycles. The van der Waals surface area contributed by atoms with Crippen molar-refractivity contribution in [2.75, 3.05) is 13.2 Å². The minimum Gasteiger partial charge on any atom is -0.323 e. The van der Waals surface area contributed by atoms with Crippen LogP contribution in [0.15, 0.2) is 34.8 Å². The highest BCUT2D eigenvalue weighted by Gasteiger charge is 2.46. The zero-order valence-electron chi connectivity index (χ0n) is 12.3. The molecule has 0 radical (unpaired) electrons. The van der Waals surface area contributed by atoms with Gasteiger partial charge in [0.15, 0.2) is 0 Å². The molecule has 22 heavy (non-hydrogen) atoms. The smallest absolute Gasteiger partial charge is 0.323 e. The number of urea groups is 1. The summed E-state index contributed by atoms with van der Waals surface area (Å²) in [7, 11) is 0. The van der Waals surface area contributed by atoms with Crippen molar-refractivity contribution in [1.29, 1.82) is 0 Å². The second-order valence-electron chi connectivity index (χ2n) is 5.40. The quantitative estimate of drug-likeness (QED) is 0.780. The van der Waals surface area contributed by atoms with E-state index in [2.05, 4.69) is 21.2 Å². The number of carbonyl (C=O) groups excluding carboxylic acids is 2. The average molecular weight is 369 g/mol. The van der Waals surface area contributed by atoms with Gasteiger partial charge < -0.3 is 5.32 Å². The molecule has 1 aromatic carbocycles. The molecule has 2 rings (SSSR count). The number of hydrogen-bond donors (Lipinski definition) is 1. The highest BCUT2D eigenvalue weighted by atomic mass is 79.9. The van der Waals surface area contributed by atoms with Gasteiger partial charge in [-0.1, -0.05) is 40.2 Å². The molecule has 1 aromatic rings. The first-order valence-corrected chi connectivity index (χ1v) is 7.88. The fourth-order valence-electron chi connectivity index (χ4n) is 2.31. The molecule has 4 nitrogen and oxygen atoms in total. The molecule has 1 atom stereocenters. The Labute approximate surface area is 137 Å². The first kappa shape index (κ1) is 16.7. The second-order valence-corrected chi connectivity index (χ2v) is 6.32. The van der Waals surface area contributed by atoms with Crippen molar-refractivity contribution in [3.8, 4) is 0 Å². The summed E-state index contributed by atoms with van der Waals surface area (Å²) in [4.78, 5) is 25.1. The number of rotatable bonds is 6. The Hall–Kier alpha value is -1.69. The molecule has 1 unspecified atom stereocenters. The fourth-order valence-corrected chi connectivity index (χ4v) is 2.57. The van der Waals surface area contributed by atoms with Gasteiger partial charge in [-0.3, -0.25) is 14.1 Å². The van der Waals surface area contributed by atoms with Crippen LogP contribution >= 0.6 is 15.9 Å². The van der Waals surface area contributed by atoms with E-state index in [9.17, 15) is 14.0 Å². The first-order chi connectivity index (χ1) is 10.5. The minimum atomic E-state index is -1.11. The number of alkyl halides is 1. The maximum atomic E-state index is 12.5. The predicted octanol–water partition coefficient (Wildman–Crippen LogP) is 3.52. The van der Waals surface area contributed by atoms with Crippen LogP contribution in [0.5, 0.6) is 0 Å². The van der Waals surface area contributed by atoms with E-state index in [0.29, 0.717) is 13.0 Å². The largest absolute Gasteiger partial charge is 0.325 e. The highest BCUT2D eigenvalue weighted by Crippen LogP contribution is 2.21. The van der Waals surface area contributed by atoms with Crippen molar-refractivity contribution in [2.45, 2.75) is 25.3 Å². The summed E-state index contributed by atoms with van der Waals surface area (Å²) < 4.78 is 13.5. The molecule has 0 spiro atoms. The third-order valence-corrected chi connectivity index (χ3v) is 4.17. The molecule has 0 bridgehead atoms. The molecular formula is C16H18BrFN2O2. The summed E-state index contributed by atoms with van der Waals surface area (Å²) in [6, 6.07) is 7.37. The number of halogens is 2. The van der Waals surface area contributed by atoms with Crippen molar-refractivity contribution in [3.05, 3.63) is 40.4 Å². The van der Waals surface area contributed by atoms with E-state index in [4.69, 9.17) is 0 Å². The normalized spacial score (nSPS) is 21.7. The van der Waals surface area contributed by atoms with Gasteiger partial charge in [0.05, 0.1) is 6.67 Å². The van der Waals surface area contributed by atoms with E-state index < -0.39 is 18.2 Å². The summed E-state index contributed by atoms with van der Waals surface area (Å²) in [5.41, 5.74) is -0.0657.